The number of halogens is 1. The highest BCUT2D eigenvalue weighted by molar-refractivity contribution is 6.31. The van der Waals surface area contributed by atoms with Crippen LogP contribution in [0.25, 0.3) is 0 Å². The van der Waals surface area contributed by atoms with Crippen molar-refractivity contribution in [2.75, 3.05) is 0 Å². The molecule has 0 radical (unpaired) electrons. The van der Waals surface area contributed by atoms with Crippen molar-refractivity contribution in [1.29, 1.82) is 0 Å². The summed E-state index contributed by atoms with van der Waals surface area (Å²) in [5.41, 5.74) is 6.11. The van der Waals surface area contributed by atoms with Crippen LogP contribution in [0.5, 0.6) is 0 Å². The Labute approximate surface area is 94.4 Å². The number of nitrogens with two attached hydrogens (primary N) is 1. The summed E-state index contributed by atoms with van der Waals surface area (Å²) in [5.74, 6) is 0.113. The van der Waals surface area contributed by atoms with Crippen molar-refractivity contribution in [3.8, 4) is 0 Å². The molecule has 1 fully saturated rings. The van der Waals surface area contributed by atoms with Crippen molar-refractivity contribution < 1.29 is 4.79 Å². The molecule has 1 atom stereocenters. The van der Waals surface area contributed by atoms with Gasteiger partial charge in [0.25, 0.3) is 0 Å². The highest BCUT2D eigenvalue weighted by atomic mass is 35.5. The van der Waals surface area contributed by atoms with Crippen LogP contribution in [-0.4, -0.2) is 5.78 Å². The van der Waals surface area contributed by atoms with Crippen LogP contribution in [0.3, 0.4) is 0 Å². The average Bonchev–Trinajstić information content (AvgIpc) is 2.23. The number of carbonyl (C=O) groups excluding carboxylic acids is 1. The van der Waals surface area contributed by atoms with Crippen LogP contribution >= 0.6 is 11.6 Å². The second-order valence-electron chi connectivity index (χ2n) is 4.08. The number of ketones is 1. The molecule has 1 aromatic rings. The Kier molecular flexibility index (Phi) is 2.81. The Morgan fingerprint density at radius 3 is 2.67 bits per heavy atom. The van der Waals surface area contributed by atoms with Crippen LogP contribution in [0.15, 0.2) is 24.3 Å². The molecule has 1 saturated carbocycles. The van der Waals surface area contributed by atoms with Crippen molar-refractivity contribution in [2.45, 2.75) is 31.2 Å². The Morgan fingerprint density at radius 1 is 1.27 bits per heavy atom. The first-order valence-electron chi connectivity index (χ1n) is 5.22. The van der Waals surface area contributed by atoms with Gasteiger partial charge < -0.3 is 5.73 Å². The molecule has 0 saturated heterocycles. The van der Waals surface area contributed by atoms with Crippen LogP contribution in [-0.2, 0) is 10.3 Å². The van der Waals surface area contributed by atoms with Gasteiger partial charge >= 0.3 is 0 Å². The van der Waals surface area contributed by atoms with Gasteiger partial charge in [0.1, 0.15) is 5.54 Å². The maximum atomic E-state index is 11.9. The van der Waals surface area contributed by atoms with E-state index in [9.17, 15) is 4.79 Å². The molecule has 1 aliphatic rings. The number of hydrogen-bond donors (Lipinski definition) is 1. The molecule has 0 unspecified atom stereocenters. The van der Waals surface area contributed by atoms with Gasteiger partial charge in [-0.3, -0.25) is 4.79 Å². The summed E-state index contributed by atoms with van der Waals surface area (Å²) in [4.78, 5) is 11.9. The smallest absolute Gasteiger partial charge is 0.157 e. The molecular weight excluding hydrogens is 210 g/mol. The molecule has 0 heterocycles. The van der Waals surface area contributed by atoms with Crippen molar-refractivity contribution in [3.05, 3.63) is 34.9 Å². The zero-order valence-corrected chi connectivity index (χ0v) is 9.26. The molecule has 2 N–H and O–H groups in total. The maximum absolute atomic E-state index is 11.9. The van der Waals surface area contributed by atoms with Gasteiger partial charge in [-0.1, -0.05) is 36.2 Å². The van der Waals surface area contributed by atoms with Crippen molar-refractivity contribution in [2.24, 2.45) is 5.73 Å². The van der Waals surface area contributed by atoms with Crippen LogP contribution < -0.4 is 5.73 Å². The van der Waals surface area contributed by atoms with Gasteiger partial charge in [-0.25, -0.2) is 0 Å². The van der Waals surface area contributed by atoms with Gasteiger partial charge in [0.05, 0.1) is 0 Å². The van der Waals surface area contributed by atoms with Crippen molar-refractivity contribution in [1.82, 2.24) is 0 Å². The fraction of sp³-hybridized carbons (Fsp3) is 0.417. The molecular formula is C12H14ClNO. The minimum absolute atomic E-state index is 0.113. The van der Waals surface area contributed by atoms with E-state index in [-0.39, 0.29) is 5.78 Å². The summed E-state index contributed by atoms with van der Waals surface area (Å²) in [6.45, 7) is 0. The molecule has 15 heavy (non-hydrogen) atoms. The number of rotatable bonds is 1. The number of Topliss-reactive ketones (excluding diaryl/α,β-unsaturated/α-hetero) is 1. The molecule has 2 nitrogen and oxygen atoms in total. The molecule has 1 aliphatic carbocycles. The van der Waals surface area contributed by atoms with Crippen LogP contribution in [0.2, 0.25) is 5.02 Å². The van der Waals surface area contributed by atoms with E-state index < -0.39 is 5.54 Å². The molecule has 2 rings (SSSR count). The Morgan fingerprint density at radius 2 is 2.00 bits per heavy atom. The lowest BCUT2D eigenvalue weighted by atomic mass is 9.76. The van der Waals surface area contributed by atoms with Crippen LogP contribution in [0.4, 0.5) is 0 Å². The maximum Gasteiger partial charge on any atom is 0.157 e. The predicted octanol–water partition coefficient (Wildman–Crippen LogP) is 2.64. The van der Waals surface area contributed by atoms with E-state index in [0.717, 1.165) is 18.4 Å². The van der Waals surface area contributed by atoms with Gasteiger partial charge in [0, 0.05) is 11.4 Å². The van der Waals surface area contributed by atoms with Gasteiger partial charge in [0.15, 0.2) is 5.78 Å². The highest BCUT2D eigenvalue weighted by Crippen LogP contribution is 2.35. The number of carbonyl (C=O) groups is 1. The van der Waals surface area contributed by atoms with E-state index in [1.54, 1.807) is 6.07 Å². The predicted molar refractivity (Wildman–Crippen MR) is 60.8 cm³/mol. The summed E-state index contributed by atoms with van der Waals surface area (Å²) in [6, 6.07) is 7.36. The van der Waals surface area contributed by atoms with E-state index in [0.29, 0.717) is 17.9 Å². The molecule has 0 bridgehead atoms. The molecule has 0 aliphatic heterocycles. The lowest BCUT2D eigenvalue weighted by Crippen LogP contribution is -2.47. The molecule has 0 amide bonds. The zero-order chi connectivity index (χ0) is 10.9. The molecule has 3 heteroatoms. The standard InChI is InChI=1S/C12H14ClNO/c13-10-6-2-1-5-9(10)12(14)8-4-3-7-11(12)15/h1-2,5-6H,3-4,7-8,14H2/t12-/m1/s1. The minimum atomic E-state index is -0.851. The second kappa shape index (κ2) is 3.95. The van der Waals surface area contributed by atoms with Crippen molar-refractivity contribution in [3.63, 3.8) is 0 Å². The van der Waals surface area contributed by atoms with E-state index in [1.165, 1.54) is 0 Å². The fourth-order valence-electron chi connectivity index (χ4n) is 2.16. The molecule has 0 aromatic heterocycles. The molecule has 0 spiro atoms. The summed E-state index contributed by atoms with van der Waals surface area (Å²) in [5, 5.41) is 0.593. The first-order valence-corrected chi connectivity index (χ1v) is 5.59. The normalized spacial score (nSPS) is 26.7. The Hall–Kier alpha value is -0.860. The number of benzene rings is 1. The SMILES string of the molecule is N[C@@]1(c2ccccc2Cl)CCCCC1=O. The highest BCUT2D eigenvalue weighted by Gasteiger charge is 2.38. The second-order valence-corrected chi connectivity index (χ2v) is 4.49. The average molecular weight is 224 g/mol. The van der Waals surface area contributed by atoms with Crippen LogP contribution in [0, 0.1) is 0 Å². The first kappa shape index (κ1) is 10.7. The van der Waals surface area contributed by atoms with E-state index in [1.807, 2.05) is 18.2 Å². The fourth-order valence-corrected chi connectivity index (χ4v) is 2.46. The van der Waals surface area contributed by atoms with Crippen molar-refractivity contribution >= 4 is 17.4 Å². The quantitative estimate of drug-likeness (QED) is 0.796. The van der Waals surface area contributed by atoms with Gasteiger partial charge in [0.2, 0.25) is 0 Å². The van der Waals surface area contributed by atoms with Gasteiger partial charge in [-0.2, -0.15) is 0 Å². The minimum Gasteiger partial charge on any atom is -0.315 e. The Balaban J connectivity index is 2.44. The third-order valence-electron chi connectivity index (χ3n) is 3.08. The summed E-state index contributed by atoms with van der Waals surface area (Å²) < 4.78 is 0. The van der Waals surface area contributed by atoms with Gasteiger partial charge in [-0.05, 0) is 24.5 Å². The largest absolute Gasteiger partial charge is 0.315 e. The third-order valence-corrected chi connectivity index (χ3v) is 3.41. The molecule has 80 valence electrons. The topological polar surface area (TPSA) is 43.1 Å². The van der Waals surface area contributed by atoms with E-state index >= 15 is 0 Å². The van der Waals surface area contributed by atoms with E-state index in [2.05, 4.69) is 0 Å². The summed E-state index contributed by atoms with van der Waals surface area (Å²) in [6.07, 6.45) is 3.22. The monoisotopic (exact) mass is 223 g/mol. The molecule has 1 aromatic carbocycles. The third kappa shape index (κ3) is 1.80. The lowest BCUT2D eigenvalue weighted by molar-refractivity contribution is -0.126. The first-order chi connectivity index (χ1) is 7.14. The zero-order valence-electron chi connectivity index (χ0n) is 8.50. The summed E-state index contributed by atoms with van der Waals surface area (Å²) in [7, 11) is 0. The van der Waals surface area contributed by atoms with E-state index in [4.69, 9.17) is 17.3 Å². The number of hydrogen-bond acceptors (Lipinski definition) is 2. The van der Waals surface area contributed by atoms with Crippen LogP contribution in [0.1, 0.15) is 31.2 Å². The lowest BCUT2D eigenvalue weighted by Gasteiger charge is -2.32. The Bertz CT molecular complexity index is 391. The summed E-state index contributed by atoms with van der Waals surface area (Å²) >= 11 is 6.08. The van der Waals surface area contributed by atoms with Gasteiger partial charge in [-0.15, -0.1) is 0 Å².